The molecule has 1 aromatic rings. The fourth-order valence-corrected chi connectivity index (χ4v) is 2.82. The summed E-state index contributed by atoms with van der Waals surface area (Å²) >= 11 is 0. The maximum atomic E-state index is 12.7. The van der Waals surface area contributed by atoms with Gasteiger partial charge in [0, 0.05) is 32.2 Å². The van der Waals surface area contributed by atoms with Crippen LogP contribution in [0.2, 0.25) is 0 Å². The molecule has 0 radical (unpaired) electrons. The minimum atomic E-state index is -0.162. The molecule has 2 rings (SSSR count). The van der Waals surface area contributed by atoms with Crippen LogP contribution >= 0.6 is 0 Å². The Morgan fingerprint density at radius 3 is 2.26 bits per heavy atom. The second-order valence-corrected chi connectivity index (χ2v) is 7.26. The zero-order chi connectivity index (χ0) is 17.1. The SMILES string of the molecule is Cc1cc(C(=O)N2CC(C(=O)N(CC(C)C)CC(C)C)C2)no1. The van der Waals surface area contributed by atoms with Crippen molar-refractivity contribution in [3.8, 4) is 0 Å². The van der Waals surface area contributed by atoms with Crippen molar-refractivity contribution in [2.24, 2.45) is 17.8 Å². The summed E-state index contributed by atoms with van der Waals surface area (Å²) in [7, 11) is 0. The van der Waals surface area contributed by atoms with E-state index in [1.165, 1.54) is 0 Å². The molecule has 6 nitrogen and oxygen atoms in total. The topological polar surface area (TPSA) is 66.7 Å². The van der Waals surface area contributed by atoms with E-state index in [2.05, 4.69) is 32.9 Å². The number of likely N-dealkylation sites (tertiary alicyclic amines) is 1. The first-order valence-corrected chi connectivity index (χ1v) is 8.29. The van der Waals surface area contributed by atoms with Crippen LogP contribution in [0, 0.1) is 24.7 Å². The van der Waals surface area contributed by atoms with Crippen LogP contribution in [0.3, 0.4) is 0 Å². The van der Waals surface area contributed by atoms with E-state index >= 15 is 0 Å². The van der Waals surface area contributed by atoms with Gasteiger partial charge in [-0.15, -0.1) is 0 Å². The Morgan fingerprint density at radius 2 is 1.83 bits per heavy atom. The molecular formula is C17H27N3O3. The van der Waals surface area contributed by atoms with Gasteiger partial charge in [-0.3, -0.25) is 9.59 Å². The maximum Gasteiger partial charge on any atom is 0.276 e. The Hall–Kier alpha value is -1.85. The first kappa shape index (κ1) is 17.5. The standard InChI is InChI=1S/C17H27N3O3/c1-11(2)7-19(8-12(3)4)16(21)14-9-20(10-14)17(22)15-6-13(5)23-18-15/h6,11-12,14H,7-10H2,1-5H3. The second-order valence-electron chi connectivity index (χ2n) is 7.26. The molecule has 0 aliphatic carbocycles. The van der Waals surface area contributed by atoms with Gasteiger partial charge >= 0.3 is 0 Å². The lowest BCUT2D eigenvalue weighted by Crippen LogP contribution is -2.57. The Balaban J connectivity index is 1.91. The maximum absolute atomic E-state index is 12.7. The number of hydrogen-bond acceptors (Lipinski definition) is 4. The lowest BCUT2D eigenvalue weighted by Gasteiger charge is -2.41. The summed E-state index contributed by atoms with van der Waals surface area (Å²) in [5.41, 5.74) is 0.314. The average Bonchev–Trinajstić information content (AvgIpc) is 2.81. The van der Waals surface area contributed by atoms with E-state index in [1.807, 2.05) is 4.90 Å². The van der Waals surface area contributed by atoms with E-state index in [0.717, 1.165) is 13.1 Å². The normalized spacial score (nSPS) is 15.2. The van der Waals surface area contributed by atoms with Crippen LogP contribution in [0.15, 0.2) is 10.6 Å². The third-order valence-electron chi connectivity index (χ3n) is 3.85. The molecule has 128 valence electrons. The quantitative estimate of drug-likeness (QED) is 0.805. The molecule has 1 aliphatic rings. The van der Waals surface area contributed by atoms with Gasteiger partial charge in [0.2, 0.25) is 5.91 Å². The lowest BCUT2D eigenvalue weighted by molar-refractivity contribution is -0.141. The predicted molar refractivity (Wildman–Crippen MR) is 86.9 cm³/mol. The van der Waals surface area contributed by atoms with Crippen molar-refractivity contribution in [3.05, 3.63) is 17.5 Å². The van der Waals surface area contributed by atoms with Crippen LogP contribution in [-0.4, -0.2) is 52.9 Å². The van der Waals surface area contributed by atoms with Gasteiger partial charge in [0.05, 0.1) is 5.92 Å². The van der Waals surface area contributed by atoms with Gasteiger partial charge < -0.3 is 14.3 Å². The third-order valence-corrected chi connectivity index (χ3v) is 3.85. The molecule has 2 heterocycles. The fourth-order valence-electron chi connectivity index (χ4n) is 2.82. The van der Waals surface area contributed by atoms with Crippen LogP contribution in [0.25, 0.3) is 0 Å². The van der Waals surface area contributed by atoms with E-state index in [1.54, 1.807) is 17.9 Å². The first-order chi connectivity index (χ1) is 10.8. The highest BCUT2D eigenvalue weighted by atomic mass is 16.5. The molecule has 6 heteroatoms. The number of aromatic nitrogens is 1. The largest absolute Gasteiger partial charge is 0.361 e. The van der Waals surface area contributed by atoms with Crippen molar-refractivity contribution in [2.45, 2.75) is 34.6 Å². The zero-order valence-corrected chi connectivity index (χ0v) is 14.7. The molecule has 0 atom stereocenters. The van der Waals surface area contributed by atoms with Crippen LogP contribution < -0.4 is 0 Å². The number of nitrogens with zero attached hydrogens (tertiary/aromatic N) is 3. The Kier molecular flexibility index (Phi) is 5.44. The molecule has 0 bridgehead atoms. The van der Waals surface area contributed by atoms with Gasteiger partial charge in [0.1, 0.15) is 5.76 Å². The van der Waals surface area contributed by atoms with Crippen molar-refractivity contribution in [2.75, 3.05) is 26.2 Å². The number of hydrogen-bond donors (Lipinski definition) is 0. The Morgan fingerprint density at radius 1 is 1.26 bits per heavy atom. The smallest absolute Gasteiger partial charge is 0.276 e. The number of carbonyl (C=O) groups is 2. The van der Waals surface area contributed by atoms with Gasteiger partial charge in [-0.25, -0.2) is 0 Å². The van der Waals surface area contributed by atoms with Gasteiger partial charge in [0.25, 0.3) is 5.91 Å². The summed E-state index contributed by atoms with van der Waals surface area (Å²) in [6.45, 7) is 12.7. The molecule has 2 amide bonds. The van der Waals surface area contributed by atoms with E-state index in [9.17, 15) is 9.59 Å². The molecule has 1 aromatic heterocycles. The van der Waals surface area contributed by atoms with Gasteiger partial charge in [-0.2, -0.15) is 0 Å². The molecule has 1 aliphatic heterocycles. The van der Waals surface area contributed by atoms with Crippen LogP contribution in [0.1, 0.15) is 43.9 Å². The predicted octanol–water partition coefficient (Wildman–Crippen LogP) is 2.20. The number of amides is 2. The van der Waals surface area contributed by atoms with Crippen LogP contribution in [-0.2, 0) is 4.79 Å². The minimum Gasteiger partial charge on any atom is -0.361 e. The Labute approximate surface area is 137 Å². The monoisotopic (exact) mass is 321 g/mol. The van der Waals surface area contributed by atoms with E-state index in [4.69, 9.17) is 4.52 Å². The Bertz CT molecular complexity index is 549. The molecule has 0 aromatic carbocycles. The molecule has 23 heavy (non-hydrogen) atoms. The summed E-state index contributed by atoms with van der Waals surface area (Å²) in [6, 6.07) is 1.63. The van der Waals surface area contributed by atoms with Gasteiger partial charge in [0.15, 0.2) is 5.69 Å². The van der Waals surface area contributed by atoms with Crippen molar-refractivity contribution in [1.82, 2.24) is 15.0 Å². The minimum absolute atomic E-state index is 0.0931. The number of carbonyl (C=O) groups excluding carboxylic acids is 2. The molecule has 0 spiro atoms. The van der Waals surface area contributed by atoms with Crippen molar-refractivity contribution in [3.63, 3.8) is 0 Å². The molecule has 1 saturated heterocycles. The van der Waals surface area contributed by atoms with Crippen molar-refractivity contribution < 1.29 is 14.1 Å². The summed E-state index contributed by atoms with van der Waals surface area (Å²) in [5, 5.41) is 3.74. The third kappa shape index (κ3) is 4.33. The number of rotatable bonds is 6. The van der Waals surface area contributed by atoms with Crippen molar-refractivity contribution >= 4 is 11.8 Å². The fraction of sp³-hybridized carbons (Fsp3) is 0.706. The van der Waals surface area contributed by atoms with E-state index < -0.39 is 0 Å². The molecular weight excluding hydrogens is 294 g/mol. The van der Waals surface area contributed by atoms with Gasteiger partial charge in [-0.05, 0) is 18.8 Å². The summed E-state index contributed by atoms with van der Waals surface area (Å²) in [5.74, 6) is 1.39. The highest BCUT2D eigenvalue weighted by Crippen LogP contribution is 2.22. The summed E-state index contributed by atoms with van der Waals surface area (Å²) in [4.78, 5) is 28.5. The second kappa shape index (κ2) is 7.15. The molecule has 0 saturated carbocycles. The van der Waals surface area contributed by atoms with E-state index in [0.29, 0.717) is 36.4 Å². The highest BCUT2D eigenvalue weighted by Gasteiger charge is 2.39. The van der Waals surface area contributed by atoms with Crippen LogP contribution in [0.5, 0.6) is 0 Å². The van der Waals surface area contributed by atoms with Crippen molar-refractivity contribution in [1.29, 1.82) is 0 Å². The van der Waals surface area contributed by atoms with Crippen LogP contribution in [0.4, 0.5) is 0 Å². The van der Waals surface area contributed by atoms with Gasteiger partial charge in [-0.1, -0.05) is 32.9 Å². The average molecular weight is 321 g/mol. The molecule has 1 fully saturated rings. The highest BCUT2D eigenvalue weighted by molar-refractivity contribution is 5.94. The zero-order valence-electron chi connectivity index (χ0n) is 14.7. The first-order valence-electron chi connectivity index (χ1n) is 8.29. The van der Waals surface area contributed by atoms with E-state index in [-0.39, 0.29) is 17.7 Å². The molecule has 0 N–H and O–H groups in total. The number of aryl methyl sites for hydroxylation is 1. The molecule has 0 unspecified atom stereocenters. The summed E-state index contributed by atoms with van der Waals surface area (Å²) < 4.78 is 4.93. The lowest BCUT2D eigenvalue weighted by atomic mass is 9.96. The summed E-state index contributed by atoms with van der Waals surface area (Å²) in [6.07, 6.45) is 0.